The molecule has 76 valence electrons. The van der Waals surface area contributed by atoms with Gasteiger partial charge in [0.1, 0.15) is 0 Å². The fraction of sp³-hybridized carbons (Fsp3) is 0.200. The Labute approximate surface area is 90.8 Å². The Morgan fingerprint density at radius 1 is 0.625 bits per heavy atom. The molecular weight excluding hydrogens is 208 g/mol. The van der Waals surface area contributed by atoms with Gasteiger partial charge >= 0.3 is 0 Å². The molecule has 0 spiro atoms. The Kier molecular flexibility index (Phi) is 3.04. The van der Waals surface area contributed by atoms with Crippen LogP contribution in [0.5, 0.6) is 0 Å². The second kappa shape index (κ2) is 4.26. The van der Waals surface area contributed by atoms with Crippen molar-refractivity contribution in [1.29, 1.82) is 21.0 Å². The second-order valence-corrected chi connectivity index (χ2v) is 2.86. The van der Waals surface area contributed by atoms with E-state index in [0.717, 1.165) is 0 Å². The normalized spacial score (nSPS) is 24.1. The summed E-state index contributed by atoms with van der Waals surface area (Å²) in [7, 11) is 0. The van der Waals surface area contributed by atoms with E-state index >= 15 is 0 Å². The molecule has 0 saturated heterocycles. The zero-order valence-corrected chi connectivity index (χ0v) is 7.76. The van der Waals surface area contributed by atoms with Gasteiger partial charge in [-0.2, -0.15) is 21.0 Å². The Bertz CT molecular complexity index is 460. The van der Waals surface area contributed by atoms with Crippen LogP contribution in [-0.2, 0) is 0 Å². The molecule has 16 heavy (non-hydrogen) atoms. The number of nitrogens with zero attached hydrogens (tertiary/aromatic N) is 4. The molecule has 0 N–H and O–H groups in total. The Morgan fingerprint density at radius 3 is 0.938 bits per heavy atom. The highest BCUT2D eigenvalue weighted by molar-refractivity contribution is 5.59. The maximum absolute atomic E-state index is 11.6. The molecule has 0 aromatic heterocycles. The van der Waals surface area contributed by atoms with E-state index in [9.17, 15) is 10.2 Å². The summed E-state index contributed by atoms with van der Waals surface area (Å²) in [5.41, 5.74) is -2.28. The van der Waals surface area contributed by atoms with Gasteiger partial charge < -0.3 is 10.2 Å². The van der Waals surface area contributed by atoms with E-state index in [1.807, 2.05) is 0 Å². The van der Waals surface area contributed by atoms with Crippen molar-refractivity contribution in [3.8, 4) is 24.3 Å². The summed E-state index contributed by atoms with van der Waals surface area (Å²) in [6.07, 6.45) is -3.83. The van der Waals surface area contributed by atoms with Crippen LogP contribution in [0, 0.1) is 45.3 Å². The van der Waals surface area contributed by atoms with E-state index in [1.165, 1.54) is 24.3 Å². The zero-order chi connectivity index (χ0) is 12.3. The van der Waals surface area contributed by atoms with Crippen LogP contribution in [-0.4, -0.2) is 12.2 Å². The third-order valence-electron chi connectivity index (χ3n) is 2.11. The number of nitriles is 4. The quantitative estimate of drug-likeness (QED) is 0.459. The molecule has 0 aliphatic heterocycles. The van der Waals surface area contributed by atoms with Crippen molar-refractivity contribution in [2.45, 2.75) is 12.2 Å². The predicted octanol–water partition coefficient (Wildman–Crippen LogP) is -1.85. The van der Waals surface area contributed by atoms with Gasteiger partial charge in [0.25, 0.3) is 0 Å². The van der Waals surface area contributed by atoms with Gasteiger partial charge in [-0.3, -0.25) is 0 Å². The monoisotopic (exact) mass is 210 g/mol. The smallest absolute Gasteiger partial charge is 0.0949 e. The lowest BCUT2D eigenvalue weighted by molar-refractivity contribution is -0.406. The van der Waals surface area contributed by atoms with Gasteiger partial charge in [-0.05, 0) is 0 Å². The lowest BCUT2D eigenvalue weighted by Gasteiger charge is -2.34. The Balaban J connectivity index is 3.53. The summed E-state index contributed by atoms with van der Waals surface area (Å²) in [4.78, 5) is 0. The van der Waals surface area contributed by atoms with Crippen LogP contribution in [0.4, 0.5) is 0 Å². The summed E-state index contributed by atoms with van der Waals surface area (Å²) in [6, 6.07) is 5.78. The summed E-state index contributed by atoms with van der Waals surface area (Å²) >= 11 is 0. The molecule has 1 aliphatic rings. The topological polar surface area (TPSA) is 141 Å². The molecule has 0 aromatic carbocycles. The number of hydrogen-bond acceptors (Lipinski definition) is 6. The molecular formula is C10H2N4O2-2. The molecule has 0 amide bonds. The van der Waals surface area contributed by atoms with Crippen molar-refractivity contribution >= 4 is 0 Å². The standard InChI is InChI=1S/C10H2N4O2/c11-1-5-6(2-12)10(16)8(4-14)7(3-13)9(5)15/h9-10H/q-2. The molecule has 0 fully saturated rings. The van der Waals surface area contributed by atoms with Gasteiger partial charge in [0, 0.05) is 22.3 Å². The third kappa shape index (κ3) is 1.41. The van der Waals surface area contributed by atoms with Crippen molar-refractivity contribution < 1.29 is 10.2 Å². The van der Waals surface area contributed by atoms with Gasteiger partial charge in [-0.1, -0.05) is 12.2 Å². The molecule has 0 unspecified atom stereocenters. The third-order valence-corrected chi connectivity index (χ3v) is 2.11. The molecule has 0 aromatic rings. The van der Waals surface area contributed by atoms with Crippen molar-refractivity contribution in [2.75, 3.05) is 0 Å². The van der Waals surface area contributed by atoms with Crippen LogP contribution in [0.25, 0.3) is 0 Å². The van der Waals surface area contributed by atoms with E-state index in [0.29, 0.717) is 0 Å². The molecule has 0 atom stereocenters. The van der Waals surface area contributed by atoms with E-state index in [2.05, 4.69) is 0 Å². The van der Waals surface area contributed by atoms with Gasteiger partial charge in [0.15, 0.2) is 0 Å². The Morgan fingerprint density at radius 2 is 0.812 bits per heavy atom. The van der Waals surface area contributed by atoms with Gasteiger partial charge in [0.05, 0.1) is 24.3 Å². The lowest BCUT2D eigenvalue weighted by Crippen LogP contribution is -2.42. The fourth-order valence-electron chi connectivity index (χ4n) is 1.33. The lowest BCUT2D eigenvalue weighted by atomic mass is 9.84. The van der Waals surface area contributed by atoms with Gasteiger partial charge in [0.2, 0.25) is 0 Å². The molecule has 6 nitrogen and oxygen atoms in total. The number of hydrogen-bond donors (Lipinski definition) is 0. The number of rotatable bonds is 0. The highest BCUT2D eigenvalue weighted by Crippen LogP contribution is 2.27. The van der Waals surface area contributed by atoms with E-state index in [-0.39, 0.29) is 0 Å². The summed E-state index contributed by atoms with van der Waals surface area (Å²) in [6.45, 7) is 0. The van der Waals surface area contributed by atoms with Crippen LogP contribution >= 0.6 is 0 Å². The van der Waals surface area contributed by atoms with E-state index < -0.39 is 34.5 Å². The zero-order valence-electron chi connectivity index (χ0n) is 7.76. The van der Waals surface area contributed by atoms with Gasteiger partial charge in [-0.25, -0.2) is 0 Å². The first kappa shape index (κ1) is 11.4. The minimum atomic E-state index is -1.91. The maximum Gasteiger partial charge on any atom is 0.0949 e. The van der Waals surface area contributed by atoms with Crippen LogP contribution in [0.15, 0.2) is 22.3 Å². The van der Waals surface area contributed by atoms with Crippen molar-refractivity contribution in [3.63, 3.8) is 0 Å². The highest BCUT2D eigenvalue weighted by Gasteiger charge is 2.26. The first-order valence-corrected chi connectivity index (χ1v) is 4.02. The van der Waals surface area contributed by atoms with Gasteiger partial charge in [-0.15, -0.1) is 0 Å². The van der Waals surface area contributed by atoms with Crippen LogP contribution in [0.3, 0.4) is 0 Å². The average Bonchev–Trinajstić information content (AvgIpc) is 2.30. The summed E-state index contributed by atoms with van der Waals surface area (Å²) in [5, 5.41) is 57.7. The summed E-state index contributed by atoms with van der Waals surface area (Å²) < 4.78 is 0. The Hall–Kier alpha value is -2.64. The van der Waals surface area contributed by atoms with Crippen LogP contribution in [0.2, 0.25) is 0 Å². The minimum Gasteiger partial charge on any atom is -0.844 e. The molecule has 0 radical (unpaired) electrons. The van der Waals surface area contributed by atoms with Crippen molar-refractivity contribution in [2.24, 2.45) is 0 Å². The first-order valence-electron chi connectivity index (χ1n) is 4.02. The highest BCUT2D eigenvalue weighted by atomic mass is 16.3. The molecule has 0 heterocycles. The van der Waals surface area contributed by atoms with Crippen molar-refractivity contribution in [3.05, 3.63) is 22.3 Å². The summed E-state index contributed by atoms with van der Waals surface area (Å²) in [5.74, 6) is 0. The van der Waals surface area contributed by atoms with Crippen LogP contribution < -0.4 is 10.2 Å². The van der Waals surface area contributed by atoms with Crippen LogP contribution in [0.1, 0.15) is 0 Å². The molecule has 1 rings (SSSR count). The van der Waals surface area contributed by atoms with E-state index in [4.69, 9.17) is 21.0 Å². The average molecular weight is 210 g/mol. The predicted molar refractivity (Wildman–Crippen MR) is 44.1 cm³/mol. The molecule has 1 aliphatic carbocycles. The van der Waals surface area contributed by atoms with Crippen molar-refractivity contribution in [1.82, 2.24) is 0 Å². The minimum absolute atomic E-state index is 0.571. The molecule has 0 bridgehead atoms. The maximum atomic E-state index is 11.6. The van der Waals surface area contributed by atoms with E-state index in [1.54, 1.807) is 0 Å². The fourth-order valence-corrected chi connectivity index (χ4v) is 1.33. The SMILES string of the molecule is N#CC1=C(C#N)C([O-])C(C#N)=C(C#N)C1[O-]. The second-order valence-electron chi connectivity index (χ2n) is 2.86. The molecule has 0 saturated carbocycles. The molecule has 6 heteroatoms. The largest absolute Gasteiger partial charge is 0.844 e. The first-order chi connectivity index (χ1) is 7.62.